The van der Waals surface area contributed by atoms with E-state index in [1.807, 2.05) is 0 Å². The van der Waals surface area contributed by atoms with Gasteiger partial charge in [-0.3, -0.25) is 0 Å². The van der Waals surface area contributed by atoms with Crippen LogP contribution in [0.2, 0.25) is 0 Å². The average Bonchev–Trinajstić information content (AvgIpc) is 2.26. The highest BCUT2D eigenvalue weighted by Crippen LogP contribution is 2.33. The van der Waals surface area contributed by atoms with Crippen LogP contribution in [-0.4, -0.2) is 5.11 Å². The zero-order valence-corrected chi connectivity index (χ0v) is 8.64. The Balaban J connectivity index is 2.58. The number of rotatable bonds is 1. The third kappa shape index (κ3) is 1.72. The highest BCUT2D eigenvalue weighted by atomic mass is 16.3. The van der Waals surface area contributed by atoms with Crippen molar-refractivity contribution >= 4 is 17.1 Å². The largest absolute Gasteiger partial charge is 0.507 e. The molecule has 82 valence electrons. The fourth-order valence-electron chi connectivity index (χ4n) is 1.53. The molecule has 0 bridgehead atoms. The Kier molecular flexibility index (Phi) is 2.32. The molecule has 2 aromatic carbocycles. The lowest BCUT2D eigenvalue weighted by Gasteiger charge is -2.08. The normalized spacial score (nSPS) is 10.2. The molecule has 0 fully saturated rings. The Morgan fingerprint density at radius 2 is 1.56 bits per heavy atom. The lowest BCUT2D eigenvalue weighted by atomic mass is 10.0. The monoisotopic (exact) mass is 215 g/mol. The van der Waals surface area contributed by atoms with Gasteiger partial charge >= 0.3 is 0 Å². The molecule has 16 heavy (non-hydrogen) atoms. The molecule has 2 aromatic rings. The number of aromatic hydroxyl groups is 1. The summed E-state index contributed by atoms with van der Waals surface area (Å²) in [6, 6.07) is 10.1. The molecule has 0 aliphatic carbocycles. The van der Waals surface area contributed by atoms with Crippen LogP contribution in [0.5, 0.6) is 5.75 Å². The van der Waals surface area contributed by atoms with Crippen LogP contribution >= 0.6 is 0 Å². The smallest absolute Gasteiger partial charge is 0.123 e. The zero-order valence-electron chi connectivity index (χ0n) is 8.64. The molecule has 0 saturated heterocycles. The first-order chi connectivity index (χ1) is 7.58. The van der Waals surface area contributed by atoms with Gasteiger partial charge in [-0.25, -0.2) is 0 Å². The van der Waals surface area contributed by atoms with Gasteiger partial charge in [0.2, 0.25) is 0 Å². The van der Waals surface area contributed by atoms with Crippen molar-refractivity contribution in [3.05, 3.63) is 36.4 Å². The van der Waals surface area contributed by atoms with E-state index in [0.717, 1.165) is 5.56 Å². The van der Waals surface area contributed by atoms with Crippen LogP contribution in [0.25, 0.3) is 11.1 Å². The van der Waals surface area contributed by atoms with E-state index < -0.39 is 0 Å². The number of hydrogen-bond donors (Lipinski definition) is 4. The zero-order chi connectivity index (χ0) is 11.7. The van der Waals surface area contributed by atoms with E-state index in [0.29, 0.717) is 22.6 Å². The minimum Gasteiger partial charge on any atom is -0.507 e. The highest BCUT2D eigenvalue weighted by Gasteiger charge is 2.06. The molecular formula is C12H13N3O. The molecule has 0 aliphatic heterocycles. The van der Waals surface area contributed by atoms with Crippen LogP contribution in [0.3, 0.4) is 0 Å². The summed E-state index contributed by atoms with van der Waals surface area (Å²) >= 11 is 0. The fraction of sp³-hybridized carbons (Fsp3) is 0. The summed E-state index contributed by atoms with van der Waals surface area (Å²) in [6.45, 7) is 0. The predicted octanol–water partition coefficient (Wildman–Crippen LogP) is 1.81. The average molecular weight is 215 g/mol. The van der Waals surface area contributed by atoms with E-state index in [4.69, 9.17) is 17.2 Å². The lowest BCUT2D eigenvalue weighted by Crippen LogP contribution is -1.94. The summed E-state index contributed by atoms with van der Waals surface area (Å²) in [4.78, 5) is 0. The van der Waals surface area contributed by atoms with Crippen molar-refractivity contribution in [3.8, 4) is 16.9 Å². The van der Waals surface area contributed by atoms with Gasteiger partial charge in [0.15, 0.2) is 0 Å². The van der Waals surface area contributed by atoms with Crippen molar-refractivity contribution in [2.75, 3.05) is 17.2 Å². The lowest BCUT2D eigenvalue weighted by molar-refractivity contribution is 0.477. The molecule has 0 aliphatic rings. The Morgan fingerprint density at radius 3 is 2.25 bits per heavy atom. The van der Waals surface area contributed by atoms with Crippen LogP contribution < -0.4 is 17.2 Å². The third-order valence-corrected chi connectivity index (χ3v) is 2.42. The maximum Gasteiger partial charge on any atom is 0.123 e. The van der Waals surface area contributed by atoms with Crippen LogP contribution in [0.4, 0.5) is 17.1 Å². The molecule has 4 nitrogen and oxygen atoms in total. The molecule has 0 spiro atoms. The van der Waals surface area contributed by atoms with Crippen LogP contribution in [0.1, 0.15) is 0 Å². The molecule has 4 heteroatoms. The van der Waals surface area contributed by atoms with Crippen molar-refractivity contribution in [1.29, 1.82) is 0 Å². The molecule has 7 N–H and O–H groups in total. The van der Waals surface area contributed by atoms with Gasteiger partial charge in [-0.1, -0.05) is 6.07 Å². The van der Waals surface area contributed by atoms with Gasteiger partial charge < -0.3 is 22.3 Å². The number of hydrogen-bond acceptors (Lipinski definition) is 4. The standard InChI is InChI=1S/C12H13N3O/c13-8-2-4-12(16)9(6-8)7-1-3-10(14)11(15)5-7/h1-6,16H,13-15H2. The number of anilines is 3. The van der Waals surface area contributed by atoms with Gasteiger partial charge in [-0.05, 0) is 35.9 Å². The van der Waals surface area contributed by atoms with Crippen molar-refractivity contribution in [1.82, 2.24) is 0 Å². The van der Waals surface area contributed by atoms with Crippen molar-refractivity contribution < 1.29 is 5.11 Å². The van der Waals surface area contributed by atoms with Crippen LogP contribution in [-0.2, 0) is 0 Å². The first kappa shape index (κ1) is 10.2. The Morgan fingerprint density at radius 1 is 0.812 bits per heavy atom. The number of nitrogens with two attached hydrogens (primary N) is 3. The summed E-state index contributed by atoms with van der Waals surface area (Å²) < 4.78 is 0. The van der Waals surface area contributed by atoms with E-state index in [2.05, 4.69) is 0 Å². The highest BCUT2D eigenvalue weighted by molar-refractivity contribution is 5.79. The van der Waals surface area contributed by atoms with Crippen molar-refractivity contribution in [2.24, 2.45) is 0 Å². The number of nitrogen functional groups attached to an aromatic ring is 3. The Hall–Kier alpha value is -2.36. The van der Waals surface area contributed by atoms with Crippen LogP contribution in [0, 0.1) is 0 Å². The molecule has 0 atom stereocenters. The molecule has 0 aromatic heterocycles. The summed E-state index contributed by atoms with van der Waals surface area (Å²) in [5.41, 5.74) is 20.0. The molecular weight excluding hydrogens is 202 g/mol. The SMILES string of the molecule is Nc1ccc(O)c(-c2ccc(N)c(N)c2)c1. The Labute approximate surface area is 93.3 Å². The van der Waals surface area contributed by atoms with Gasteiger partial charge in [-0.15, -0.1) is 0 Å². The first-order valence-electron chi connectivity index (χ1n) is 4.82. The Bertz CT molecular complexity index is 538. The van der Waals surface area contributed by atoms with Gasteiger partial charge in [0.05, 0.1) is 11.4 Å². The predicted molar refractivity (Wildman–Crippen MR) is 66.8 cm³/mol. The van der Waals surface area contributed by atoms with Gasteiger partial charge in [-0.2, -0.15) is 0 Å². The fourth-order valence-corrected chi connectivity index (χ4v) is 1.53. The van der Waals surface area contributed by atoms with Crippen molar-refractivity contribution in [3.63, 3.8) is 0 Å². The van der Waals surface area contributed by atoms with Gasteiger partial charge in [0, 0.05) is 11.3 Å². The summed E-state index contributed by atoms with van der Waals surface area (Å²) in [7, 11) is 0. The van der Waals surface area contributed by atoms with E-state index in [1.165, 1.54) is 0 Å². The van der Waals surface area contributed by atoms with E-state index in [1.54, 1.807) is 36.4 Å². The third-order valence-electron chi connectivity index (χ3n) is 2.42. The first-order valence-corrected chi connectivity index (χ1v) is 4.82. The molecule has 0 amide bonds. The summed E-state index contributed by atoms with van der Waals surface area (Å²) in [5.74, 6) is 0.165. The van der Waals surface area contributed by atoms with E-state index in [9.17, 15) is 5.11 Å². The molecule has 0 saturated carbocycles. The molecule has 0 unspecified atom stereocenters. The second-order valence-electron chi connectivity index (χ2n) is 3.62. The maximum absolute atomic E-state index is 9.72. The van der Waals surface area contributed by atoms with E-state index >= 15 is 0 Å². The topological polar surface area (TPSA) is 98.3 Å². The minimum absolute atomic E-state index is 0.165. The van der Waals surface area contributed by atoms with Crippen molar-refractivity contribution in [2.45, 2.75) is 0 Å². The van der Waals surface area contributed by atoms with E-state index in [-0.39, 0.29) is 5.75 Å². The molecule has 2 rings (SSSR count). The van der Waals surface area contributed by atoms with Gasteiger partial charge in [0.1, 0.15) is 5.75 Å². The number of phenolic OH excluding ortho intramolecular Hbond substituents is 1. The number of benzene rings is 2. The summed E-state index contributed by atoms with van der Waals surface area (Å²) in [5, 5.41) is 9.72. The number of phenols is 1. The van der Waals surface area contributed by atoms with Gasteiger partial charge in [0.25, 0.3) is 0 Å². The minimum atomic E-state index is 0.165. The second-order valence-corrected chi connectivity index (χ2v) is 3.62. The molecule has 0 radical (unpaired) electrons. The van der Waals surface area contributed by atoms with Crippen LogP contribution in [0.15, 0.2) is 36.4 Å². The quantitative estimate of drug-likeness (QED) is 0.430. The maximum atomic E-state index is 9.72. The summed E-state index contributed by atoms with van der Waals surface area (Å²) in [6.07, 6.45) is 0. The molecule has 0 heterocycles. The second kappa shape index (κ2) is 3.66.